The molecule has 0 aliphatic rings. The lowest BCUT2D eigenvalue weighted by molar-refractivity contribution is -0.137. The molecule has 3 aromatic carbocycles. The van der Waals surface area contributed by atoms with E-state index in [2.05, 4.69) is 0 Å². The van der Waals surface area contributed by atoms with Gasteiger partial charge < -0.3 is 10.0 Å². The molecule has 26 heavy (non-hydrogen) atoms. The van der Waals surface area contributed by atoms with Gasteiger partial charge in [0.05, 0.1) is 5.69 Å². The van der Waals surface area contributed by atoms with Gasteiger partial charge in [-0.05, 0) is 30.7 Å². The molecule has 0 bridgehead atoms. The van der Waals surface area contributed by atoms with Gasteiger partial charge in [0.2, 0.25) is 0 Å². The first-order valence-corrected chi connectivity index (χ1v) is 8.71. The number of anilines is 1. The predicted molar refractivity (Wildman–Crippen MR) is 104 cm³/mol. The first kappa shape index (κ1) is 18.0. The molecule has 132 valence electrons. The van der Waals surface area contributed by atoms with Crippen molar-refractivity contribution in [3.63, 3.8) is 0 Å². The number of amides is 1. The highest BCUT2D eigenvalue weighted by molar-refractivity contribution is 6.36. The minimum absolute atomic E-state index is 0.00406. The Morgan fingerprint density at radius 2 is 1.54 bits per heavy atom. The molecule has 0 radical (unpaired) electrons. The molecule has 1 N–H and O–H groups in total. The second-order valence-electron chi connectivity index (χ2n) is 5.93. The fourth-order valence-electron chi connectivity index (χ4n) is 2.94. The number of nitrogens with zero attached hydrogens (tertiary/aromatic N) is 1. The summed E-state index contributed by atoms with van der Waals surface area (Å²) in [4.78, 5) is 25.6. The summed E-state index contributed by atoms with van der Waals surface area (Å²) >= 11 is 6.30. The van der Waals surface area contributed by atoms with Gasteiger partial charge in [-0.25, -0.2) is 0 Å². The van der Waals surface area contributed by atoms with E-state index in [1.165, 1.54) is 0 Å². The van der Waals surface area contributed by atoms with Crippen molar-refractivity contribution in [2.24, 2.45) is 0 Å². The van der Waals surface area contributed by atoms with E-state index >= 15 is 0 Å². The van der Waals surface area contributed by atoms with Crippen molar-refractivity contribution >= 4 is 39.9 Å². The Bertz CT molecular complexity index is 940. The summed E-state index contributed by atoms with van der Waals surface area (Å²) in [7, 11) is 0. The molecule has 3 rings (SSSR count). The van der Waals surface area contributed by atoms with E-state index in [1.807, 2.05) is 48.5 Å². The van der Waals surface area contributed by atoms with E-state index in [-0.39, 0.29) is 12.3 Å². The number of benzene rings is 3. The molecule has 0 fully saturated rings. The average Bonchev–Trinajstić information content (AvgIpc) is 2.66. The lowest BCUT2D eigenvalue weighted by Crippen LogP contribution is -2.32. The minimum Gasteiger partial charge on any atom is -0.481 e. The third-order valence-electron chi connectivity index (χ3n) is 4.18. The number of fused-ring (bicyclic) bond motifs is 1. The smallest absolute Gasteiger partial charge is 0.303 e. The first-order valence-electron chi connectivity index (χ1n) is 8.34. The standard InChI is InChI=1S/C21H18ClNO3/c22-18-12-13-19(17-10-5-4-9-16(17)18)23(14-6-11-20(24)25)21(26)15-7-2-1-3-8-15/h1-5,7-10,12-13H,6,11,14H2,(H,24,25). The normalized spacial score (nSPS) is 10.7. The van der Waals surface area contributed by atoms with Gasteiger partial charge in [0.25, 0.3) is 5.91 Å². The van der Waals surface area contributed by atoms with Crippen LogP contribution in [0.4, 0.5) is 5.69 Å². The Hall–Kier alpha value is -2.85. The summed E-state index contributed by atoms with van der Waals surface area (Å²) in [6, 6.07) is 20.2. The second-order valence-corrected chi connectivity index (χ2v) is 6.34. The second kappa shape index (κ2) is 8.02. The number of rotatable bonds is 6. The summed E-state index contributed by atoms with van der Waals surface area (Å²) in [5.74, 6) is -1.04. The maximum absolute atomic E-state index is 13.1. The fraction of sp³-hybridized carbons (Fsp3) is 0.143. The highest BCUT2D eigenvalue weighted by Crippen LogP contribution is 2.33. The number of hydrogen-bond donors (Lipinski definition) is 1. The number of carboxylic acid groups (broad SMARTS) is 1. The van der Waals surface area contributed by atoms with Gasteiger partial charge in [0, 0.05) is 34.3 Å². The molecule has 0 spiro atoms. The first-order chi connectivity index (χ1) is 12.6. The molecule has 0 saturated carbocycles. The van der Waals surface area contributed by atoms with Crippen LogP contribution in [0.3, 0.4) is 0 Å². The average molecular weight is 368 g/mol. The van der Waals surface area contributed by atoms with Crippen LogP contribution >= 0.6 is 11.6 Å². The summed E-state index contributed by atoms with van der Waals surface area (Å²) in [6.07, 6.45) is 0.370. The highest BCUT2D eigenvalue weighted by Gasteiger charge is 2.20. The summed E-state index contributed by atoms with van der Waals surface area (Å²) in [5, 5.41) is 11.3. The number of carbonyl (C=O) groups excluding carboxylic acids is 1. The third-order valence-corrected chi connectivity index (χ3v) is 4.51. The summed E-state index contributed by atoms with van der Waals surface area (Å²) in [5.41, 5.74) is 1.28. The summed E-state index contributed by atoms with van der Waals surface area (Å²) in [6.45, 7) is 0.311. The molecule has 0 aliphatic carbocycles. The van der Waals surface area contributed by atoms with Crippen LogP contribution in [-0.2, 0) is 4.79 Å². The number of carbonyl (C=O) groups is 2. The molecule has 0 aliphatic heterocycles. The zero-order valence-corrected chi connectivity index (χ0v) is 14.8. The Kier molecular flexibility index (Phi) is 5.54. The van der Waals surface area contributed by atoms with Crippen LogP contribution in [0.1, 0.15) is 23.2 Å². The predicted octanol–water partition coefficient (Wildman–Crippen LogP) is 5.00. The van der Waals surface area contributed by atoms with Gasteiger partial charge in [-0.2, -0.15) is 0 Å². The van der Waals surface area contributed by atoms with Crippen LogP contribution in [0, 0.1) is 0 Å². The summed E-state index contributed by atoms with van der Waals surface area (Å²) < 4.78 is 0. The zero-order chi connectivity index (χ0) is 18.5. The van der Waals surface area contributed by atoms with Crippen molar-refractivity contribution in [3.8, 4) is 0 Å². The van der Waals surface area contributed by atoms with Crippen LogP contribution in [-0.4, -0.2) is 23.5 Å². The quantitative estimate of drug-likeness (QED) is 0.666. The molecule has 0 saturated heterocycles. The molecule has 0 aromatic heterocycles. The van der Waals surface area contributed by atoms with Gasteiger partial charge >= 0.3 is 5.97 Å². The molecular weight excluding hydrogens is 350 g/mol. The van der Waals surface area contributed by atoms with Crippen molar-refractivity contribution in [1.82, 2.24) is 0 Å². The van der Waals surface area contributed by atoms with Crippen LogP contribution in [0.2, 0.25) is 5.02 Å². The van der Waals surface area contributed by atoms with Crippen molar-refractivity contribution in [1.29, 1.82) is 0 Å². The highest BCUT2D eigenvalue weighted by atomic mass is 35.5. The molecule has 0 unspecified atom stereocenters. The monoisotopic (exact) mass is 367 g/mol. The Balaban J connectivity index is 2.04. The van der Waals surface area contributed by atoms with Gasteiger partial charge in [-0.1, -0.05) is 54.1 Å². The van der Waals surface area contributed by atoms with E-state index in [0.717, 1.165) is 16.5 Å². The Morgan fingerprint density at radius 1 is 0.885 bits per heavy atom. The van der Waals surface area contributed by atoms with Gasteiger partial charge in [-0.3, -0.25) is 9.59 Å². The fourth-order valence-corrected chi connectivity index (χ4v) is 3.17. The maximum atomic E-state index is 13.1. The Morgan fingerprint density at radius 3 is 2.23 bits per heavy atom. The molecule has 0 heterocycles. The molecule has 3 aromatic rings. The lowest BCUT2D eigenvalue weighted by atomic mass is 10.1. The van der Waals surface area contributed by atoms with Gasteiger partial charge in [-0.15, -0.1) is 0 Å². The largest absolute Gasteiger partial charge is 0.481 e. The van der Waals surface area contributed by atoms with Gasteiger partial charge in [0.1, 0.15) is 0 Å². The van der Waals surface area contributed by atoms with Crippen LogP contribution in [0.5, 0.6) is 0 Å². The Labute approximate surface area is 156 Å². The van der Waals surface area contributed by atoms with Gasteiger partial charge in [0.15, 0.2) is 0 Å². The maximum Gasteiger partial charge on any atom is 0.303 e. The van der Waals surface area contributed by atoms with Crippen molar-refractivity contribution in [2.45, 2.75) is 12.8 Å². The molecular formula is C21H18ClNO3. The van der Waals surface area contributed by atoms with Crippen LogP contribution in [0.15, 0.2) is 66.7 Å². The molecule has 1 amide bonds. The van der Waals surface area contributed by atoms with E-state index in [1.54, 1.807) is 23.1 Å². The number of hydrogen-bond acceptors (Lipinski definition) is 2. The van der Waals surface area contributed by atoms with Crippen molar-refractivity contribution in [3.05, 3.63) is 77.3 Å². The van der Waals surface area contributed by atoms with E-state index in [9.17, 15) is 9.59 Å². The van der Waals surface area contributed by atoms with Crippen LogP contribution < -0.4 is 4.90 Å². The number of carboxylic acids is 1. The molecule has 5 heteroatoms. The third kappa shape index (κ3) is 3.86. The minimum atomic E-state index is -0.877. The van der Waals surface area contributed by atoms with Crippen molar-refractivity contribution < 1.29 is 14.7 Å². The van der Waals surface area contributed by atoms with E-state index in [4.69, 9.17) is 16.7 Å². The lowest BCUT2D eigenvalue weighted by Gasteiger charge is -2.24. The van der Waals surface area contributed by atoms with Crippen LogP contribution in [0.25, 0.3) is 10.8 Å². The zero-order valence-electron chi connectivity index (χ0n) is 14.1. The number of halogens is 1. The molecule has 0 atom stereocenters. The van der Waals surface area contributed by atoms with E-state index < -0.39 is 5.97 Å². The van der Waals surface area contributed by atoms with Crippen molar-refractivity contribution in [2.75, 3.05) is 11.4 Å². The van der Waals surface area contributed by atoms with E-state index in [0.29, 0.717) is 23.6 Å². The SMILES string of the molecule is O=C(O)CCCN(C(=O)c1ccccc1)c1ccc(Cl)c2ccccc12. The molecule has 4 nitrogen and oxygen atoms in total. The topological polar surface area (TPSA) is 57.6 Å². The number of aliphatic carboxylic acids is 1.